The van der Waals surface area contributed by atoms with Crippen LogP contribution in [0.5, 0.6) is 0 Å². The average molecular weight is 458 g/mol. The Labute approximate surface area is 192 Å². The van der Waals surface area contributed by atoms with Gasteiger partial charge in [-0.2, -0.15) is 0 Å². The predicted molar refractivity (Wildman–Crippen MR) is 118 cm³/mol. The first kappa shape index (κ1) is 22.5. The van der Waals surface area contributed by atoms with Gasteiger partial charge in [0.1, 0.15) is 16.9 Å². The van der Waals surface area contributed by atoms with Gasteiger partial charge in [0.25, 0.3) is 5.91 Å². The van der Waals surface area contributed by atoms with Gasteiger partial charge < -0.3 is 24.8 Å². The summed E-state index contributed by atoms with van der Waals surface area (Å²) >= 11 is 0. The smallest absolute Gasteiger partial charge is 0.258 e. The summed E-state index contributed by atoms with van der Waals surface area (Å²) in [4.78, 5) is 27.4. The highest BCUT2D eigenvalue weighted by atomic mass is 16.7. The summed E-state index contributed by atoms with van der Waals surface area (Å²) in [6.07, 6.45) is 3.42. The number of amides is 1. The molecule has 8 heteroatoms. The van der Waals surface area contributed by atoms with Crippen molar-refractivity contribution in [3.05, 3.63) is 46.4 Å². The maximum Gasteiger partial charge on any atom is 0.258 e. The topological polar surface area (TPSA) is 117 Å². The molecule has 0 aromatic carbocycles. The Bertz CT molecular complexity index is 1070. The van der Waals surface area contributed by atoms with Gasteiger partial charge in [0.2, 0.25) is 0 Å². The number of hydrogen-bond acceptors (Lipinski definition) is 7. The highest BCUT2D eigenvalue weighted by Gasteiger charge is 2.65. The van der Waals surface area contributed by atoms with Crippen molar-refractivity contribution in [1.82, 2.24) is 4.90 Å². The molecule has 0 unspecified atom stereocenters. The highest BCUT2D eigenvalue weighted by Crippen LogP contribution is 2.59. The third kappa shape index (κ3) is 2.84. The minimum Gasteiger partial charge on any atom is -0.509 e. The van der Waals surface area contributed by atoms with Crippen LogP contribution in [0.2, 0.25) is 0 Å². The fourth-order valence-corrected chi connectivity index (χ4v) is 6.54. The molecule has 1 saturated carbocycles. The zero-order valence-corrected chi connectivity index (χ0v) is 19.5. The summed E-state index contributed by atoms with van der Waals surface area (Å²) in [6, 6.07) is 0. The fourth-order valence-electron chi connectivity index (χ4n) is 6.54. The lowest BCUT2D eigenvalue weighted by Gasteiger charge is -2.42. The molecule has 0 bridgehead atoms. The SMILES string of the molecule is CC1=C[C@@]2(C)C(O)=C(C)C(=O)N2C2=CC(=O)C=C3[C@@H](O[C@@H]4CC[C@H](O)[C@H](C)O4)[C@H](C)[C@@H]1[C@]32O. The monoisotopic (exact) mass is 457 g/mol. The molecule has 0 aromatic rings. The predicted octanol–water partition coefficient (Wildman–Crippen LogP) is 2.04. The molecular weight excluding hydrogens is 426 g/mol. The number of fused-ring (bicyclic) bond motifs is 2. The second-order valence-electron chi connectivity index (χ2n) is 10.3. The van der Waals surface area contributed by atoms with Gasteiger partial charge in [0.05, 0.1) is 29.6 Å². The maximum absolute atomic E-state index is 13.2. The molecule has 3 heterocycles. The second kappa shape index (κ2) is 7.12. The quantitative estimate of drug-likeness (QED) is 0.544. The van der Waals surface area contributed by atoms with Crippen molar-refractivity contribution in [3.63, 3.8) is 0 Å². The summed E-state index contributed by atoms with van der Waals surface area (Å²) in [5, 5.41) is 33.1. The van der Waals surface area contributed by atoms with Crippen molar-refractivity contribution in [2.75, 3.05) is 0 Å². The number of hydrogen-bond donors (Lipinski definition) is 3. The zero-order chi connectivity index (χ0) is 24.0. The maximum atomic E-state index is 13.2. The van der Waals surface area contributed by atoms with Crippen LogP contribution >= 0.6 is 0 Å². The Morgan fingerprint density at radius 2 is 1.88 bits per heavy atom. The van der Waals surface area contributed by atoms with E-state index in [-0.39, 0.29) is 34.8 Å². The molecule has 0 radical (unpaired) electrons. The lowest BCUT2D eigenvalue weighted by Crippen LogP contribution is -2.52. The van der Waals surface area contributed by atoms with E-state index in [4.69, 9.17) is 9.47 Å². The summed E-state index contributed by atoms with van der Waals surface area (Å²) in [5.41, 5.74) is -1.27. The molecule has 8 nitrogen and oxygen atoms in total. The van der Waals surface area contributed by atoms with Crippen LogP contribution in [0.3, 0.4) is 0 Å². The number of allylic oxidation sites excluding steroid dienone is 2. The van der Waals surface area contributed by atoms with Crippen molar-refractivity contribution in [3.8, 4) is 0 Å². The molecule has 8 atom stereocenters. The van der Waals surface area contributed by atoms with Crippen molar-refractivity contribution in [2.45, 2.75) is 83.2 Å². The van der Waals surface area contributed by atoms with Gasteiger partial charge in [-0.15, -0.1) is 0 Å². The van der Waals surface area contributed by atoms with E-state index in [1.807, 2.05) is 19.9 Å². The number of ketones is 1. The first-order valence-electron chi connectivity index (χ1n) is 11.5. The van der Waals surface area contributed by atoms with Gasteiger partial charge in [-0.05, 0) is 46.1 Å². The van der Waals surface area contributed by atoms with Crippen LogP contribution in [0.4, 0.5) is 0 Å². The Balaban J connectivity index is 1.61. The van der Waals surface area contributed by atoms with E-state index in [2.05, 4.69) is 0 Å². The summed E-state index contributed by atoms with van der Waals surface area (Å²) < 4.78 is 12.2. The third-order valence-electron chi connectivity index (χ3n) is 8.14. The van der Waals surface area contributed by atoms with Gasteiger partial charge in [-0.1, -0.05) is 18.6 Å². The molecule has 3 aliphatic heterocycles. The molecule has 2 fully saturated rings. The number of aliphatic hydroxyl groups is 3. The first-order chi connectivity index (χ1) is 15.4. The molecule has 178 valence electrons. The van der Waals surface area contributed by atoms with Gasteiger partial charge in [-0.25, -0.2) is 0 Å². The zero-order valence-electron chi connectivity index (χ0n) is 19.5. The van der Waals surface area contributed by atoms with Crippen LogP contribution in [-0.2, 0) is 19.1 Å². The lowest BCUT2D eigenvalue weighted by molar-refractivity contribution is -0.233. The van der Waals surface area contributed by atoms with Crippen LogP contribution in [0.25, 0.3) is 0 Å². The Morgan fingerprint density at radius 1 is 1.18 bits per heavy atom. The molecule has 1 saturated heterocycles. The Kier molecular flexibility index (Phi) is 4.86. The van der Waals surface area contributed by atoms with E-state index < -0.39 is 41.5 Å². The van der Waals surface area contributed by atoms with E-state index >= 15 is 0 Å². The fraction of sp³-hybridized carbons (Fsp3) is 0.600. The van der Waals surface area contributed by atoms with E-state index in [0.29, 0.717) is 18.4 Å². The summed E-state index contributed by atoms with van der Waals surface area (Å²) in [7, 11) is 0. The van der Waals surface area contributed by atoms with E-state index in [1.165, 1.54) is 17.1 Å². The van der Waals surface area contributed by atoms with Gasteiger partial charge in [-0.3, -0.25) is 14.5 Å². The van der Waals surface area contributed by atoms with E-state index in [9.17, 15) is 24.9 Å². The third-order valence-corrected chi connectivity index (χ3v) is 8.14. The van der Waals surface area contributed by atoms with E-state index in [0.717, 1.165) is 5.57 Å². The summed E-state index contributed by atoms with van der Waals surface area (Å²) in [6.45, 7) is 8.88. The first-order valence-corrected chi connectivity index (χ1v) is 11.5. The Morgan fingerprint density at radius 3 is 2.55 bits per heavy atom. The number of ether oxygens (including phenoxy) is 2. The van der Waals surface area contributed by atoms with Crippen molar-refractivity contribution < 1.29 is 34.4 Å². The molecule has 0 aromatic heterocycles. The van der Waals surface area contributed by atoms with Crippen LogP contribution < -0.4 is 0 Å². The molecule has 33 heavy (non-hydrogen) atoms. The van der Waals surface area contributed by atoms with Crippen LogP contribution in [0.15, 0.2) is 46.4 Å². The number of rotatable bonds is 2. The van der Waals surface area contributed by atoms with Gasteiger partial charge >= 0.3 is 0 Å². The van der Waals surface area contributed by atoms with Crippen LogP contribution in [0, 0.1) is 11.8 Å². The number of aliphatic hydroxyl groups excluding tert-OH is 2. The molecule has 3 N–H and O–H groups in total. The van der Waals surface area contributed by atoms with Crippen molar-refractivity contribution >= 4 is 11.7 Å². The largest absolute Gasteiger partial charge is 0.509 e. The lowest BCUT2D eigenvalue weighted by atomic mass is 9.76. The van der Waals surface area contributed by atoms with Gasteiger partial charge in [0, 0.05) is 24.0 Å². The number of carbonyl (C=O) groups is 2. The Hall–Kier alpha value is -2.26. The molecule has 5 rings (SSSR count). The van der Waals surface area contributed by atoms with Crippen LogP contribution in [-0.4, -0.2) is 67.7 Å². The van der Waals surface area contributed by atoms with Crippen molar-refractivity contribution in [2.24, 2.45) is 11.8 Å². The minimum atomic E-state index is -1.64. The molecule has 0 spiro atoms. The summed E-state index contributed by atoms with van der Waals surface area (Å²) in [5.74, 6) is -1.59. The highest BCUT2D eigenvalue weighted by molar-refractivity contribution is 6.05. The molecular formula is C25H31NO7. The second-order valence-corrected chi connectivity index (χ2v) is 10.3. The normalized spacial score (nSPS) is 44.8. The molecule has 5 aliphatic rings. The number of nitrogens with zero attached hydrogens (tertiary/aromatic N) is 1. The minimum absolute atomic E-state index is 0.0801. The average Bonchev–Trinajstić information content (AvgIpc) is 3.01. The van der Waals surface area contributed by atoms with Crippen LogP contribution in [0.1, 0.15) is 47.5 Å². The number of carbonyl (C=O) groups excluding carboxylic acids is 2. The van der Waals surface area contributed by atoms with Gasteiger partial charge in [0.15, 0.2) is 12.1 Å². The van der Waals surface area contributed by atoms with E-state index in [1.54, 1.807) is 20.8 Å². The molecule has 2 aliphatic carbocycles. The molecule has 1 amide bonds. The standard InChI is InChI=1S/C25H31NO7/c1-11-10-24(5)22(29)13(3)23(30)26(24)18-9-15(27)8-16-21(12(2)20(11)25(16,18)31)33-19-7-6-17(28)14(4)32-19/h8-10,12,14,17,19-21,28-29,31H,6-7H2,1-5H3/t12-,14+,17+,19-,20-,21+,24+,25+/m1/s1. The van der Waals surface area contributed by atoms with Crippen molar-refractivity contribution in [1.29, 1.82) is 0 Å².